The quantitative estimate of drug-likeness (QED) is 0.503. The maximum absolute atomic E-state index is 12.1. The molecule has 0 saturated heterocycles. The third-order valence-corrected chi connectivity index (χ3v) is 3.93. The molecule has 0 aliphatic carbocycles. The first-order valence-corrected chi connectivity index (χ1v) is 8.02. The summed E-state index contributed by atoms with van der Waals surface area (Å²) in [5, 5.41) is 0. The van der Waals surface area contributed by atoms with Gasteiger partial charge in [0, 0.05) is 6.54 Å². The van der Waals surface area contributed by atoms with Gasteiger partial charge in [-0.25, -0.2) is 0 Å². The van der Waals surface area contributed by atoms with Crippen molar-refractivity contribution in [1.29, 1.82) is 0 Å². The lowest BCUT2D eigenvalue weighted by Crippen LogP contribution is -2.30. The van der Waals surface area contributed by atoms with Gasteiger partial charge in [0.05, 0.1) is 11.1 Å². The van der Waals surface area contributed by atoms with E-state index in [1.54, 1.807) is 24.3 Å². The van der Waals surface area contributed by atoms with E-state index in [2.05, 4.69) is 13.3 Å². The number of amides is 2. The van der Waals surface area contributed by atoms with Crippen LogP contribution in [0, 0.1) is 6.42 Å². The number of nitrogens with zero attached hydrogens (tertiary/aromatic N) is 1. The van der Waals surface area contributed by atoms with Gasteiger partial charge < -0.3 is 0 Å². The van der Waals surface area contributed by atoms with Crippen LogP contribution in [-0.2, 0) is 0 Å². The molecule has 2 amide bonds. The number of rotatable bonds is 9. The number of carbonyl (C=O) groups excluding carboxylic acids is 2. The first-order chi connectivity index (χ1) is 10.3. The summed E-state index contributed by atoms with van der Waals surface area (Å²) in [5.74, 6) is -0.273. The predicted octanol–water partition coefficient (Wildman–Crippen LogP) is 4.24. The molecule has 0 spiro atoms. The summed E-state index contributed by atoms with van der Waals surface area (Å²) < 4.78 is 0. The molecule has 1 radical (unpaired) electrons. The molecule has 0 atom stereocenters. The van der Waals surface area contributed by atoms with Gasteiger partial charge in [-0.3, -0.25) is 14.5 Å². The van der Waals surface area contributed by atoms with Crippen molar-refractivity contribution in [3.05, 3.63) is 41.8 Å². The van der Waals surface area contributed by atoms with Crippen molar-refractivity contribution >= 4 is 11.8 Å². The van der Waals surface area contributed by atoms with Crippen molar-refractivity contribution in [2.24, 2.45) is 0 Å². The van der Waals surface area contributed by atoms with Gasteiger partial charge in [-0.05, 0) is 25.0 Å². The molecular formula is C18H24NO2. The van der Waals surface area contributed by atoms with Crippen LogP contribution >= 0.6 is 0 Å². The summed E-state index contributed by atoms with van der Waals surface area (Å²) in [5.41, 5.74) is 1.10. The van der Waals surface area contributed by atoms with Gasteiger partial charge in [-0.1, -0.05) is 57.6 Å². The SMILES string of the molecule is CCCCC[CH]CCCCN1C(=O)c2ccccc2C1=O. The molecule has 113 valence electrons. The van der Waals surface area contributed by atoms with Gasteiger partial charge in [0.1, 0.15) is 0 Å². The Labute approximate surface area is 127 Å². The molecule has 1 aromatic rings. The van der Waals surface area contributed by atoms with E-state index in [0.717, 1.165) is 19.3 Å². The molecular weight excluding hydrogens is 262 g/mol. The van der Waals surface area contributed by atoms with Gasteiger partial charge in [-0.2, -0.15) is 0 Å². The Morgan fingerprint density at radius 1 is 0.905 bits per heavy atom. The number of fused-ring (bicyclic) bond motifs is 1. The van der Waals surface area contributed by atoms with Gasteiger partial charge in [0.25, 0.3) is 11.8 Å². The normalized spacial score (nSPS) is 13.9. The lowest BCUT2D eigenvalue weighted by molar-refractivity contribution is 0.0652. The second-order valence-electron chi connectivity index (χ2n) is 5.59. The molecule has 0 saturated carbocycles. The summed E-state index contributed by atoms with van der Waals surface area (Å²) in [6.07, 6.45) is 10.3. The minimum atomic E-state index is -0.137. The molecule has 3 nitrogen and oxygen atoms in total. The highest BCUT2D eigenvalue weighted by atomic mass is 16.2. The summed E-state index contributed by atoms with van der Waals surface area (Å²) in [6.45, 7) is 2.75. The van der Waals surface area contributed by atoms with E-state index in [9.17, 15) is 9.59 Å². The minimum Gasteiger partial charge on any atom is -0.274 e. The van der Waals surface area contributed by atoms with E-state index in [1.165, 1.54) is 30.6 Å². The van der Waals surface area contributed by atoms with E-state index in [0.29, 0.717) is 17.7 Å². The maximum Gasteiger partial charge on any atom is 0.261 e. The van der Waals surface area contributed by atoms with Crippen molar-refractivity contribution in [3.63, 3.8) is 0 Å². The Hall–Kier alpha value is -1.64. The highest BCUT2D eigenvalue weighted by Crippen LogP contribution is 2.22. The van der Waals surface area contributed by atoms with Crippen molar-refractivity contribution in [2.45, 2.75) is 51.9 Å². The zero-order chi connectivity index (χ0) is 15.1. The smallest absolute Gasteiger partial charge is 0.261 e. The monoisotopic (exact) mass is 286 g/mol. The lowest BCUT2D eigenvalue weighted by atomic mass is 10.1. The second-order valence-corrected chi connectivity index (χ2v) is 5.59. The van der Waals surface area contributed by atoms with Crippen LogP contribution in [0.1, 0.15) is 72.6 Å². The fourth-order valence-corrected chi connectivity index (χ4v) is 2.68. The third kappa shape index (κ3) is 3.93. The average Bonchev–Trinajstić information content (AvgIpc) is 2.75. The fraction of sp³-hybridized carbons (Fsp3) is 0.500. The van der Waals surface area contributed by atoms with Gasteiger partial charge in [0.15, 0.2) is 0 Å². The summed E-state index contributed by atoms with van der Waals surface area (Å²) in [7, 11) is 0. The minimum absolute atomic E-state index is 0.137. The van der Waals surface area contributed by atoms with Crippen molar-refractivity contribution in [2.75, 3.05) is 6.54 Å². The third-order valence-electron chi connectivity index (χ3n) is 3.93. The highest BCUT2D eigenvalue weighted by molar-refractivity contribution is 6.21. The van der Waals surface area contributed by atoms with Crippen LogP contribution in [0.3, 0.4) is 0 Å². The molecule has 0 fully saturated rings. The zero-order valence-electron chi connectivity index (χ0n) is 12.8. The molecule has 0 unspecified atom stereocenters. The number of hydrogen-bond donors (Lipinski definition) is 0. The van der Waals surface area contributed by atoms with Crippen molar-refractivity contribution < 1.29 is 9.59 Å². The number of carbonyl (C=O) groups is 2. The molecule has 0 bridgehead atoms. The van der Waals surface area contributed by atoms with E-state index >= 15 is 0 Å². The summed E-state index contributed by atoms with van der Waals surface area (Å²) in [4.78, 5) is 25.7. The Kier molecular flexibility index (Phi) is 5.97. The van der Waals surface area contributed by atoms with Crippen molar-refractivity contribution in [3.8, 4) is 0 Å². The van der Waals surface area contributed by atoms with Crippen LogP contribution < -0.4 is 0 Å². The average molecular weight is 286 g/mol. The van der Waals surface area contributed by atoms with Gasteiger partial charge >= 0.3 is 0 Å². The number of imide groups is 1. The van der Waals surface area contributed by atoms with Crippen molar-refractivity contribution in [1.82, 2.24) is 4.90 Å². The number of unbranched alkanes of at least 4 members (excludes halogenated alkanes) is 7. The molecule has 3 heteroatoms. The molecule has 1 aliphatic rings. The van der Waals surface area contributed by atoms with Gasteiger partial charge in [-0.15, -0.1) is 0 Å². The maximum atomic E-state index is 12.1. The van der Waals surface area contributed by atoms with Crippen LogP contribution in [0.5, 0.6) is 0 Å². The Bertz CT molecular complexity index is 461. The van der Waals surface area contributed by atoms with E-state index in [1.807, 2.05) is 0 Å². The van der Waals surface area contributed by atoms with E-state index in [4.69, 9.17) is 0 Å². The molecule has 21 heavy (non-hydrogen) atoms. The van der Waals surface area contributed by atoms with Gasteiger partial charge in [0.2, 0.25) is 0 Å². The molecule has 0 aromatic heterocycles. The molecule has 1 heterocycles. The lowest BCUT2D eigenvalue weighted by Gasteiger charge is -2.13. The number of hydrogen-bond acceptors (Lipinski definition) is 2. The van der Waals surface area contributed by atoms with Crippen LogP contribution in [0.25, 0.3) is 0 Å². The first kappa shape index (κ1) is 15.7. The Morgan fingerprint density at radius 2 is 1.48 bits per heavy atom. The highest BCUT2D eigenvalue weighted by Gasteiger charge is 2.34. The van der Waals surface area contributed by atoms with Crippen LogP contribution in [-0.4, -0.2) is 23.3 Å². The topological polar surface area (TPSA) is 37.4 Å². The second kappa shape index (κ2) is 7.96. The summed E-state index contributed by atoms with van der Waals surface area (Å²) >= 11 is 0. The van der Waals surface area contributed by atoms with Crippen LogP contribution in [0.4, 0.5) is 0 Å². The number of benzene rings is 1. The van der Waals surface area contributed by atoms with Crippen LogP contribution in [0.15, 0.2) is 24.3 Å². The fourth-order valence-electron chi connectivity index (χ4n) is 2.68. The van der Waals surface area contributed by atoms with Crippen LogP contribution in [0.2, 0.25) is 0 Å². The summed E-state index contributed by atoms with van der Waals surface area (Å²) in [6, 6.07) is 7.08. The zero-order valence-corrected chi connectivity index (χ0v) is 12.8. The Morgan fingerprint density at radius 3 is 2.05 bits per heavy atom. The molecule has 0 N–H and O–H groups in total. The molecule has 1 aromatic carbocycles. The van der Waals surface area contributed by atoms with E-state index < -0.39 is 0 Å². The standard InChI is InChI=1S/C18H24NO2/c1-2-3-4-5-6-7-8-11-14-19-17(20)15-12-9-10-13-16(15)18(19)21/h6,9-10,12-13H,2-5,7-8,11,14H2,1H3. The largest absolute Gasteiger partial charge is 0.274 e. The Balaban J connectivity index is 1.69. The van der Waals surface area contributed by atoms with E-state index in [-0.39, 0.29) is 11.8 Å². The molecule has 1 aliphatic heterocycles. The first-order valence-electron chi connectivity index (χ1n) is 8.02. The molecule has 2 rings (SSSR count). The predicted molar refractivity (Wildman–Crippen MR) is 84.1 cm³/mol.